The maximum atomic E-state index is 10.7. The number of methoxy groups -OCH3 is 1. The van der Waals surface area contributed by atoms with E-state index in [1.54, 1.807) is 6.07 Å². The summed E-state index contributed by atoms with van der Waals surface area (Å²) in [6.45, 7) is 1.33. The number of hydrogen-bond acceptors (Lipinski definition) is 4. The number of carbonyl (C=O) groups is 2. The number of Topliss-reactive ketones (excluding diaryl/α,β-unsaturated/α-hetero) is 1. The summed E-state index contributed by atoms with van der Waals surface area (Å²) in [6.07, 6.45) is -0.0663. The van der Waals surface area contributed by atoms with Crippen LogP contribution in [0.3, 0.4) is 0 Å². The summed E-state index contributed by atoms with van der Waals surface area (Å²) in [4.78, 5) is 21.2. The number of ketones is 1. The molecule has 0 spiro atoms. The highest BCUT2D eigenvalue weighted by atomic mass is 16.5. The van der Waals surface area contributed by atoms with Gasteiger partial charge in [0.25, 0.3) is 0 Å². The van der Waals surface area contributed by atoms with Crippen molar-refractivity contribution < 1.29 is 14.3 Å². The first kappa shape index (κ1) is 9.63. The highest BCUT2D eigenvalue weighted by Gasteiger charge is 2.19. The molecule has 0 aliphatic rings. The number of carbonyl (C=O) groups excluding carboxylic acids is 2. The molecule has 0 aromatic heterocycles. The first-order chi connectivity index (χ1) is 5.11. The second kappa shape index (κ2) is 4.45. The summed E-state index contributed by atoms with van der Waals surface area (Å²) < 4.78 is 4.29. The monoisotopic (exact) mass is 155 g/mol. The maximum Gasteiger partial charge on any atom is 0.323 e. The van der Waals surface area contributed by atoms with Crippen molar-refractivity contribution in [3.63, 3.8) is 0 Å². The van der Waals surface area contributed by atoms with Crippen molar-refractivity contribution in [2.45, 2.75) is 13.3 Å². The topological polar surface area (TPSA) is 67.2 Å². The fourth-order valence-electron chi connectivity index (χ4n) is 0.611. The Morgan fingerprint density at radius 3 is 2.45 bits per heavy atom. The molecule has 0 aromatic carbocycles. The molecule has 0 saturated carbocycles. The Hall–Kier alpha value is -1.37. The van der Waals surface area contributed by atoms with E-state index >= 15 is 0 Å². The summed E-state index contributed by atoms with van der Waals surface area (Å²) in [5.41, 5.74) is 0. The molecule has 11 heavy (non-hydrogen) atoms. The minimum atomic E-state index is -0.947. The van der Waals surface area contributed by atoms with Crippen LogP contribution >= 0.6 is 0 Å². The molecule has 60 valence electrons. The number of hydrogen-bond donors (Lipinski definition) is 0. The van der Waals surface area contributed by atoms with E-state index in [0.717, 1.165) is 0 Å². The molecule has 1 atom stereocenters. The van der Waals surface area contributed by atoms with Crippen LogP contribution in [0, 0.1) is 17.2 Å². The zero-order valence-corrected chi connectivity index (χ0v) is 6.46. The SMILES string of the molecule is COC(=O)[C@H](C#N)CC(C)=O. The van der Waals surface area contributed by atoms with Crippen molar-refractivity contribution in [1.29, 1.82) is 5.26 Å². The van der Waals surface area contributed by atoms with Crippen LogP contribution in [-0.2, 0) is 14.3 Å². The summed E-state index contributed by atoms with van der Waals surface area (Å²) in [5.74, 6) is -1.79. The largest absolute Gasteiger partial charge is 0.468 e. The molecular formula is C7H9NO3. The molecule has 0 heterocycles. The Morgan fingerprint density at radius 2 is 2.18 bits per heavy atom. The van der Waals surface area contributed by atoms with Gasteiger partial charge in [0.2, 0.25) is 0 Å². The molecule has 0 aromatic rings. The van der Waals surface area contributed by atoms with Crippen LogP contribution in [0.25, 0.3) is 0 Å². The number of ether oxygens (including phenoxy) is 1. The van der Waals surface area contributed by atoms with Gasteiger partial charge in [0.05, 0.1) is 13.2 Å². The third-order valence-electron chi connectivity index (χ3n) is 1.13. The van der Waals surface area contributed by atoms with Crippen LogP contribution in [0.2, 0.25) is 0 Å². The highest BCUT2D eigenvalue weighted by Crippen LogP contribution is 2.03. The highest BCUT2D eigenvalue weighted by molar-refractivity contribution is 5.84. The molecular weight excluding hydrogens is 146 g/mol. The smallest absolute Gasteiger partial charge is 0.323 e. The standard InChI is InChI=1S/C7H9NO3/c1-5(9)3-6(4-8)7(10)11-2/h6H,3H2,1-2H3/t6-/m0/s1. The molecule has 0 fully saturated rings. The maximum absolute atomic E-state index is 10.7. The van der Waals surface area contributed by atoms with Gasteiger partial charge < -0.3 is 4.74 Å². The lowest BCUT2D eigenvalue weighted by atomic mass is 10.1. The van der Waals surface area contributed by atoms with Crippen LogP contribution in [0.4, 0.5) is 0 Å². The van der Waals surface area contributed by atoms with E-state index < -0.39 is 11.9 Å². The van der Waals surface area contributed by atoms with Crippen LogP contribution < -0.4 is 0 Å². The van der Waals surface area contributed by atoms with Gasteiger partial charge in [-0.25, -0.2) is 0 Å². The van der Waals surface area contributed by atoms with Gasteiger partial charge in [0.1, 0.15) is 5.78 Å². The van der Waals surface area contributed by atoms with Gasteiger partial charge in [-0.3, -0.25) is 9.59 Å². The molecule has 0 unspecified atom stereocenters. The van der Waals surface area contributed by atoms with E-state index in [0.29, 0.717) is 0 Å². The predicted octanol–water partition coefficient (Wildman–Crippen LogP) is 0.278. The normalized spacial score (nSPS) is 11.4. The van der Waals surface area contributed by atoms with Crippen LogP contribution in [0.1, 0.15) is 13.3 Å². The first-order valence-electron chi connectivity index (χ1n) is 3.08. The van der Waals surface area contributed by atoms with Gasteiger partial charge >= 0.3 is 5.97 Å². The van der Waals surface area contributed by atoms with E-state index in [9.17, 15) is 9.59 Å². The first-order valence-corrected chi connectivity index (χ1v) is 3.08. The molecule has 0 rings (SSSR count). The van der Waals surface area contributed by atoms with E-state index in [2.05, 4.69) is 4.74 Å². The van der Waals surface area contributed by atoms with E-state index in [4.69, 9.17) is 5.26 Å². The van der Waals surface area contributed by atoms with Crippen LogP contribution in [0.15, 0.2) is 0 Å². The predicted molar refractivity (Wildman–Crippen MR) is 36.4 cm³/mol. The Balaban J connectivity index is 4.09. The molecule has 4 heteroatoms. The number of nitrogens with zero attached hydrogens (tertiary/aromatic N) is 1. The van der Waals surface area contributed by atoms with Gasteiger partial charge in [-0.1, -0.05) is 0 Å². The summed E-state index contributed by atoms with van der Waals surface area (Å²) in [7, 11) is 1.19. The zero-order valence-electron chi connectivity index (χ0n) is 6.46. The minimum absolute atomic E-state index is 0.0663. The quantitative estimate of drug-likeness (QED) is 0.549. The van der Waals surface area contributed by atoms with Gasteiger partial charge in [-0.2, -0.15) is 5.26 Å². The van der Waals surface area contributed by atoms with Crippen molar-refractivity contribution >= 4 is 11.8 Å². The Morgan fingerprint density at radius 1 is 1.64 bits per heavy atom. The van der Waals surface area contributed by atoms with Crippen molar-refractivity contribution in [1.82, 2.24) is 0 Å². The lowest BCUT2D eigenvalue weighted by molar-refractivity contribution is -0.144. The van der Waals surface area contributed by atoms with Crippen molar-refractivity contribution in [3.05, 3.63) is 0 Å². The summed E-state index contributed by atoms with van der Waals surface area (Å²) in [5, 5.41) is 8.37. The third-order valence-corrected chi connectivity index (χ3v) is 1.13. The van der Waals surface area contributed by atoms with E-state index in [-0.39, 0.29) is 12.2 Å². The molecule has 0 saturated heterocycles. The lowest BCUT2D eigenvalue weighted by Gasteiger charge is -2.02. The average molecular weight is 155 g/mol. The van der Waals surface area contributed by atoms with Gasteiger partial charge in [-0.15, -0.1) is 0 Å². The lowest BCUT2D eigenvalue weighted by Crippen LogP contribution is -2.16. The fraction of sp³-hybridized carbons (Fsp3) is 0.571. The second-order valence-corrected chi connectivity index (χ2v) is 2.11. The third kappa shape index (κ3) is 3.36. The molecule has 0 bridgehead atoms. The van der Waals surface area contributed by atoms with E-state index in [1.165, 1.54) is 14.0 Å². The van der Waals surface area contributed by atoms with Gasteiger partial charge in [0, 0.05) is 6.42 Å². The molecule has 0 radical (unpaired) electrons. The Bertz CT molecular complexity index is 204. The molecule has 0 amide bonds. The van der Waals surface area contributed by atoms with Crippen LogP contribution in [-0.4, -0.2) is 18.9 Å². The number of rotatable bonds is 3. The molecule has 0 aliphatic carbocycles. The fourth-order valence-corrected chi connectivity index (χ4v) is 0.611. The van der Waals surface area contributed by atoms with Crippen molar-refractivity contribution in [2.75, 3.05) is 7.11 Å². The minimum Gasteiger partial charge on any atom is -0.468 e. The number of nitriles is 1. The molecule has 0 N–H and O–H groups in total. The summed E-state index contributed by atoms with van der Waals surface area (Å²) >= 11 is 0. The molecule has 4 nitrogen and oxygen atoms in total. The molecule has 0 aliphatic heterocycles. The Labute approximate surface area is 64.8 Å². The van der Waals surface area contributed by atoms with Gasteiger partial charge in [-0.05, 0) is 6.92 Å². The summed E-state index contributed by atoms with van der Waals surface area (Å²) in [6, 6.07) is 1.69. The van der Waals surface area contributed by atoms with Crippen LogP contribution in [0.5, 0.6) is 0 Å². The van der Waals surface area contributed by atoms with E-state index in [1.807, 2.05) is 0 Å². The average Bonchev–Trinajstić information content (AvgIpc) is 1.98. The van der Waals surface area contributed by atoms with Crippen molar-refractivity contribution in [3.8, 4) is 6.07 Å². The van der Waals surface area contributed by atoms with Crippen molar-refractivity contribution in [2.24, 2.45) is 5.92 Å². The Kier molecular flexibility index (Phi) is 3.89. The van der Waals surface area contributed by atoms with Gasteiger partial charge in [0.15, 0.2) is 5.92 Å². The second-order valence-electron chi connectivity index (χ2n) is 2.11. The zero-order chi connectivity index (χ0) is 8.85. The number of esters is 1.